The van der Waals surface area contributed by atoms with E-state index >= 15 is 0 Å². The molecule has 2 heterocycles. The fourth-order valence-electron chi connectivity index (χ4n) is 4.79. The normalized spacial score (nSPS) is 20.9. The van der Waals surface area contributed by atoms with Gasteiger partial charge in [-0.05, 0) is 50.3 Å². The summed E-state index contributed by atoms with van der Waals surface area (Å²) in [5.74, 6) is 0.185. The van der Waals surface area contributed by atoms with E-state index in [1.807, 2.05) is 23.6 Å². The summed E-state index contributed by atoms with van der Waals surface area (Å²) < 4.78 is 45.4. The van der Waals surface area contributed by atoms with Crippen LogP contribution >= 0.6 is 0 Å². The molecule has 2 fully saturated rings. The van der Waals surface area contributed by atoms with Crippen LogP contribution in [0.3, 0.4) is 0 Å². The molecule has 170 valence electrons. The third-order valence-corrected chi connectivity index (χ3v) is 6.43. The number of hydrogen-bond donors (Lipinski definition) is 1. The highest BCUT2D eigenvalue weighted by Crippen LogP contribution is 2.46. The molecule has 1 aromatic rings. The first-order chi connectivity index (χ1) is 14.6. The minimum absolute atomic E-state index is 0.0472. The van der Waals surface area contributed by atoms with Crippen LogP contribution in [-0.4, -0.2) is 56.9 Å². The van der Waals surface area contributed by atoms with E-state index in [9.17, 15) is 18.0 Å². The molecule has 2 saturated heterocycles. The molecule has 31 heavy (non-hydrogen) atoms. The quantitative estimate of drug-likeness (QED) is 0.775. The standard InChI is InChI=1S/C22H29F3N4O2/c1-15(2)27-20(30)29-12-17(13-31-3)21(14-29)6-8-28(9-7-21)18-5-4-16(11-26)19(10-18)22(23,24)25/h4-5,10,15,17H,6-9,12-14H2,1-3H3,(H,27,30). The van der Waals surface area contributed by atoms with Crippen molar-refractivity contribution in [1.29, 1.82) is 5.26 Å². The number of nitrogens with zero attached hydrogens (tertiary/aromatic N) is 3. The van der Waals surface area contributed by atoms with Crippen molar-refractivity contribution in [2.24, 2.45) is 11.3 Å². The molecule has 1 N–H and O–H groups in total. The van der Waals surface area contributed by atoms with E-state index < -0.39 is 11.7 Å². The lowest BCUT2D eigenvalue weighted by molar-refractivity contribution is -0.137. The van der Waals surface area contributed by atoms with Gasteiger partial charge in [0.1, 0.15) is 0 Å². The first-order valence-corrected chi connectivity index (χ1v) is 10.5. The van der Waals surface area contributed by atoms with Crippen LogP contribution in [0.25, 0.3) is 0 Å². The molecule has 3 rings (SSSR count). The van der Waals surface area contributed by atoms with Crippen molar-refractivity contribution in [3.63, 3.8) is 0 Å². The van der Waals surface area contributed by atoms with Crippen LogP contribution in [0, 0.1) is 22.7 Å². The van der Waals surface area contributed by atoms with Crippen LogP contribution in [0.15, 0.2) is 18.2 Å². The molecular weight excluding hydrogens is 409 g/mol. The Hall–Kier alpha value is -2.47. The summed E-state index contributed by atoms with van der Waals surface area (Å²) in [7, 11) is 1.65. The number of carbonyl (C=O) groups excluding carboxylic acids is 1. The fourth-order valence-corrected chi connectivity index (χ4v) is 4.79. The van der Waals surface area contributed by atoms with Gasteiger partial charge in [-0.15, -0.1) is 0 Å². The molecule has 2 aliphatic rings. The highest BCUT2D eigenvalue weighted by Gasteiger charge is 2.49. The molecule has 6 nitrogen and oxygen atoms in total. The lowest BCUT2D eigenvalue weighted by Crippen LogP contribution is -2.46. The Balaban J connectivity index is 1.75. The highest BCUT2D eigenvalue weighted by molar-refractivity contribution is 5.75. The zero-order valence-electron chi connectivity index (χ0n) is 18.1. The smallest absolute Gasteiger partial charge is 0.384 e. The van der Waals surface area contributed by atoms with Gasteiger partial charge in [0.05, 0.1) is 23.8 Å². The number of piperidine rings is 1. The van der Waals surface area contributed by atoms with Crippen molar-refractivity contribution in [3.8, 4) is 6.07 Å². The third kappa shape index (κ3) is 4.90. The number of ether oxygens (including phenoxy) is 1. The van der Waals surface area contributed by atoms with Crippen molar-refractivity contribution in [2.75, 3.05) is 44.8 Å². The van der Waals surface area contributed by atoms with Crippen LogP contribution in [0.5, 0.6) is 0 Å². The van der Waals surface area contributed by atoms with Gasteiger partial charge in [-0.25, -0.2) is 4.79 Å². The second-order valence-electron chi connectivity index (χ2n) is 8.83. The van der Waals surface area contributed by atoms with Gasteiger partial charge in [-0.1, -0.05) is 0 Å². The molecule has 1 aromatic carbocycles. The summed E-state index contributed by atoms with van der Waals surface area (Å²) in [6, 6.07) is 5.47. The van der Waals surface area contributed by atoms with Crippen molar-refractivity contribution in [2.45, 2.75) is 38.9 Å². The van der Waals surface area contributed by atoms with E-state index in [0.29, 0.717) is 38.5 Å². The molecule has 0 aromatic heterocycles. The molecule has 1 spiro atoms. The predicted molar refractivity (Wildman–Crippen MR) is 111 cm³/mol. The molecule has 0 saturated carbocycles. The average Bonchev–Trinajstić information content (AvgIpc) is 3.05. The summed E-state index contributed by atoms with van der Waals surface area (Å²) in [6.07, 6.45) is -3.06. The SMILES string of the molecule is COCC1CN(C(=O)NC(C)C)CC12CCN(c1ccc(C#N)c(C(F)(F)F)c1)CC2. The number of nitrogens with one attached hydrogen (secondary N) is 1. The van der Waals surface area contributed by atoms with Crippen LogP contribution in [0.4, 0.5) is 23.7 Å². The summed E-state index contributed by atoms with van der Waals surface area (Å²) >= 11 is 0. The maximum absolute atomic E-state index is 13.3. The minimum atomic E-state index is -4.57. The number of rotatable bonds is 4. The summed E-state index contributed by atoms with van der Waals surface area (Å²) in [5, 5.41) is 12.0. The van der Waals surface area contributed by atoms with Crippen molar-refractivity contribution >= 4 is 11.7 Å². The number of benzene rings is 1. The lowest BCUT2D eigenvalue weighted by Gasteiger charge is -2.43. The number of urea groups is 1. The van der Waals surface area contributed by atoms with Crippen molar-refractivity contribution < 1.29 is 22.7 Å². The maximum atomic E-state index is 13.3. The molecule has 9 heteroatoms. The number of alkyl halides is 3. The van der Waals surface area contributed by atoms with E-state index in [2.05, 4.69) is 5.32 Å². The van der Waals surface area contributed by atoms with Gasteiger partial charge in [0.15, 0.2) is 0 Å². The van der Waals surface area contributed by atoms with E-state index in [4.69, 9.17) is 10.00 Å². The average molecular weight is 438 g/mol. The number of likely N-dealkylation sites (tertiary alicyclic amines) is 1. The fraction of sp³-hybridized carbons (Fsp3) is 0.636. The van der Waals surface area contributed by atoms with Crippen molar-refractivity contribution in [3.05, 3.63) is 29.3 Å². The topological polar surface area (TPSA) is 68.6 Å². The number of methoxy groups -OCH3 is 1. The predicted octanol–water partition coefficient (Wildman–Crippen LogP) is 3.86. The van der Waals surface area contributed by atoms with Gasteiger partial charge < -0.3 is 19.9 Å². The molecule has 0 radical (unpaired) electrons. The number of anilines is 1. The van der Waals surface area contributed by atoms with Gasteiger partial charge in [-0.3, -0.25) is 0 Å². The van der Waals surface area contributed by atoms with Gasteiger partial charge >= 0.3 is 12.2 Å². The van der Waals surface area contributed by atoms with Gasteiger partial charge in [0.2, 0.25) is 0 Å². The number of amides is 2. The van der Waals surface area contributed by atoms with E-state index in [0.717, 1.165) is 18.9 Å². The van der Waals surface area contributed by atoms with Gasteiger partial charge in [0, 0.05) is 50.9 Å². The van der Waals surface area contributed by atoms with Crippen LogP contribution in [0.1, 0.15) is 37.8 Å². The van der Waals surface area contributed by atoms with Gasteiger partial charge in [0.25, 0.3) is 0 Å². The van der Waals surface area contributed by atoms with E-state index in [-0.39, 0.29) is 29.0 Å². The molecular formula is C22H29F3N4O2. The number of halogens is 3. The Labute approximate surface area is 180 Å². The molecule has 1 atom stereocenters. The zero-order chi connectivity index (χ0) is 22.8. The van der Waals surface area contributed by atoms with Gasteiger partial charge in [-0.2, -0.15) is 18.4 Å². The third-order valence-electron chi connectivity index (χ3n) is 6.43. The molecule has 1 unspecified atom stereocenters. The van der Waals surface area contributed by atoms with E-state index in [1.54, 1.807) is 19.2 Å². The minimum Gasteiger partial charge on any atom is -0.384 e. The summed E-state index contributed by atoms with van der Waals surface area (Å²) in [6.45, 7) is 6.78. The van der Waals surface area contributed by atoms with Crippen LogP contribution in [0.2, 0.25) is 0 Å². The second kappa shape index (κ2) is 8.95. The maximum Gasteiger partial charge on any atom is 0.417 e. The largest absolute Gasteiger partial charge is 0.417 e. The first kappa shape index (κ1) is 23.2. The Morgan fingerprint density at radius 3 is 2.58 bits per heavy atom. The Morgan fingerprint density at radius 1 is 1.35 bits per heavy atom. The van der Waals surface area contributed by atoms with Crippen LogP contribution < -0.4 is 10.2 Å². The number of nitriles is 1. The monoisotopic (exact) mass is 438 g/mol. The van der Waals surface area contributed by atoms with Crippen molar-refractivity contribution in [1.82, 2.24) is 10.2 Å². The lowest BCUT2D eigenvalue weighted by atomic mass is 9.71. The van der Waals surface area contributed by atoms with E-state index in [1.165, 1.54) is 6.07 Å². The Morgan fingerprint density at radius 2 is 2.03 bits per heavy atom. The Bertz CT molecular complexity index is 842. The summed E-state index contributed by atoms with van der Waals surface area (Å²) in [5.41, 5.74) is -0.910. The number of hydrogen-bond acceptors (Lipinski definition) is 4. The first-order valence-electron chi connectivity index (χ1n) is 10.5. The second-order valence-corrected chi connectivity index (χ2v) is 8.83. The summed E-state index contributed by atoms with van der Waals surface area (Å²) in [4.78, 5) is 16.3. The Kier molecular flexibility index (Phi) is 6.70. The molecule has 2 aliphatic heterocycles. The molecule has 0 aliphatic carbocycles. The molecule has 0 bridgehead atoms. The highest BCUT2D eigenvalue weighted by atomic mass is 19.4. The van der Waals surface area contributed by atoms with Crippen LogP contribution in [-0.2, 0) is 10.9 Å². The number of carbonyl (C=O) groups is 1. The zero-order valence-corrected chi connectivity index (χ0v) is 18.1. The molecule has 2 amide bonds.